The van der Waals surface area contributed by atoms with Gasteiger partial charge in [0.15, 0.2) is 0 Å². The number of rotatable bonds is 6. The van der Waals surface area contributed by atoms with Crippen molar-refractivity contribution in [2.45, 2.75) is 20.3 Å². The lowest BCUT2D eigenvalue weighted by Crippen LogP contribution is -2.41. The van der Waals surface area contributed by atoms with Crippen LogP contribution in [0.25, 0.3) is 0 Å². The third-order valence-corrected chi connectivity index (χ3v) is 5.77. The van der Waals surface area contributed by atoms with Crippen molar-refractivity contribution in [2.75, 3.05) is 36.1 Å². The van der Waals surface area contributed by atoms with Crippen molar-refractivity contribution < 1.29 is 19.1 Å². The van der Waals surface area contributed by atoms with Crippen molar-refractivity contribution in [3.05, 3.63) is 45.6 Å². The standard InChI is InChI=1S/C20H23ClN2O3S.CH3NO/c1-14(11-18-7-8-19(21)27-18)12-23(15(2)24)17-5-3-16(4-6-17)22-9-10-26-13-20(22)25;2-1-3/h3-8,14H,9-13H2,1-2H3;1H,(H2,2,3). The second-order valence-electron chi connectivity index (χ2n) is 6.90. The number of halogens is 1. The second-order valence-corrected chi connectivity index (χ2v) is 8.69. The van der Waals surface area contributed by atoms with E-state index in [1.165, 1.54) is 4.88 Å². The Bertz CT molecular complexity index is 856. The number of hydrogen-bond donors (Lipinski definition) is 1. The van der Waals surface area contributed by atoms with Crippen molar-refractivity contribution >= 4 is 52.5 Å². The quantitative estimate of drug-likeness (QED) is 0.683. The lowest BCUT2D eigenvalue weighted by atomic mass is 10.1. The predicted octanol–water partition coefficient (Wildman–Crippen LogP) is 3.10. The van der Waals surface area contributed by atoms with Gasteiger partial charge in [0.1, 0.15) is 6.61 Å². The Morgan fingerprint density at radius 2 is 2.00 bits per heavy atom. The topological polar surface area (TPSA) is 92.9 Å². The molecular formula is C21H26ClN3O4S. The number of ether oxygens (including phenoxy) is 1. The third kappa shape index (κ3) is 6.83. The summed E-state index contributed by atoms with van der Waals surface area (Å²) >= 11 is 7.58. The largest absolute Gasteiger partial charge is 0.372 e. The summed E-state index contributed by atoms with van der Waals surface area (Å²) in [6.07, 6.45) is 1.13. The van der Waals surface area contributed by atoms with Crippen LogP contribution in [0, 0.1) is 5.92 Å². The summed E-state index contributed by atoms with van der Waals surface area (Å²) in [5.74, 6) is 0.256. The van der Waals surface area contributed by atoms with Gasteiger partial charge >= 0.3 is 0 Å². The summed E-state index contributed by atoms with van der Waals surface area (Å²) in [6.45, 7) is 5.54. The fourth-order valence-electron chi connectivity index (χ4n) is 3.20. The molecule has 162 valence electrons. The fourth-order valence-corrected chi connectivity index (χ4v) is 4.45. The van der Waals surface area contributed by atoms with Crippen LogP contribution in [0.3, 0.4) is 0 Å². The molecule has 3 amide bonds. The molecule has 9 heteroatoms. The minimum atomic E-state index is -0.0411. The average molecular weight is 452 g/mol. The first kappa shape index (κ1) is 23.9. The number of morpholine rings is 1. The Kier molecular flexibility index (Phi) is 9.29. The van der Waals surface area contributed by atoms with Gasteiger partial charge in [-0.05, 0) is 48.7 Å². The van der Waals surface area contributed by atoms with Gasteiger partial charge in [0.2, 0.25) is 12.3 Å². The first-order valence-electron chi connectivity index (χ1n) is 9.51. The lowest BCUT2D eigenvalue weighted by Gasteiger charge is -2.28. The summed E-state index contributed by atoms with van der Waals surface area (Å²) in [5, 5.41) is 0. The van der Waals surface area contributed by atoms with Gasteiger partial charge in [0.05, 0.1) is 10.9 Å². The number of primary amides is 1. The van der Waals surface area contributed by atoms with Crippen LogP contribution >= 0.6 is 22.9 Å². The summed E-state index contributed by atoms with van der Waals surface area (Å²) in [6, 6.07) is 11.5. The van der Waals surface area contributed by atoms with Gasteiger partial charge in [0, 0.05) is 36.3 Å². The number of carbonyl (C=O) groups excluding carboxylic acids is 3. The molecule has 0 aliphatic carbocycles. The third-order valence-electron chi connectivity index (χ3n) is 4.51. The van der Waals surface area contributed by atoms with E-state index in [1.807, 2.05) is 36.4 Å². The molecule has 1 aromatic carbocycles. The van der Waals surface area contributed by atoms with E-state index < -0.39 is 0 Å². The number of nitrogens with zero attached hydrogens (tertiary/aromatic N) is 2. The van der Waals surface area contributed by atoms with Gasteiger partial charge in [-0.1, -0.05) is 18.5 Å². The van der Waals surface area contributed by atoms with Crippen LogP contribution in [0.1, 0.15) is 18.7 Å². The van der Waals surface area contributed by atoms with E-state index in [0.29, 0.717) is 25.6 Å². The highest BCUT2D eigenvalue weighted by molar-refractivity contribution is 7.16. The summed E-state index contributed by atoms with van der Waals surface area (Å²) in [4.78, 5) is 37.5. The fraction of sp³-hybridized carbons (Fsp3) is 0.381. The van der Waals surface area contributed by atoms with Gasteiger partial charge in [-0.25, -0.2) is 0 Å². The smallest absolute Gasteiger partial charge is 0.253 e. The van der Waals surface area contributed by atoms with E-state index in [9.17, 15) is 9.59 Å². The Balaban J connectivity index is 0.00000101. The van der Waals surface area contributed by atoms with E-state index in [0.717, 1.165) is 22.1 Å². The van der Waals surface area contributed by atoms with Crippen LogP contribution in [-0.4, -0.2) is 44.5 Å². The number of thiophene rings is 1. The highest BCUT2D eigenvalue weighted by atomic mass is 35.5. The molecule has 2 aromatic rings. The molecule has 1 aromatic heterocycles. The van der Waals surface area contributed by atoms with Crippen LogP contribution in [0.2, 0.25) is 4.34 Å². The number of carbonyl (C=O) groups is 3. The van der Waals surface area contributed by atoms with Gasteiger partial charge in [-0.3, -0.25) is 14.4 Å². The minimum Gasteiger partial charge on any atom is -0.372 e. The second kappa shape index (κ2) is 11.7. The molecule has 1 saturated heterocycles. The van der Waals surface area contributed by atoms with Crippen molar-refractivity contribution in [1.29, 1.82) is 0 Å². The van der Waals surface area contributed by atoms with Crippen molar-refractivity contribution in [2.24, 2.45) is 11.7 Å². The van der Waals surface area contributed by atoms with Gasteiger partial charge in [0.25, 0.3) is 5.91 Å². The zero-order valence-electron chi connectivity index (χ0n) is 17.0. The van der Waals surface area contributed by atoms with Crippen LogP contribution in [0.15, 0.2) is 36.4 Å². The van der Waals surface area contributed by atoms with Crippen molar-refractivity contribution in [1.82, 2.24) is 0 Å². The SMILES string of the molecule is CC(=O)N(CC(C)Cc1ccc(Cl)s1)c1ccc(N2CCOCC2=O)cc1.NC=O. The Morgan fingerprint density at radius 3 is 2.53 bits per heavy atom. The van der Waals surface area contributed by atoms with Gasteiger partial charge in [-0.15, -0.1) is 11.3 Å². The zero-order chi connectivity index (χ0) is 22.1. The maximum Gasteiger partial charge on any atom is 0.253 e. The first-order chi connectivity index (χ1) is 14.3. The van der Waals surface area contributed by atoms with E-state index >= 15 is 0 Å². The molecule has 0 bridgehead atoms. The molecule has 7 nitrogen and oxygen atoms in total. The Labute approximate surface area is 185 Å². The molecule has 0 spiro atoms. The Morgan fingerprint density at radius 1 is 1.33 bits per heavy atom. The highest BCUT2D eigenvalue weighted by Gasteiger charge is 2.21. The van der Waals surface area contributed by atoms with Crippen LogP contribution < -0.4 is 15.5 Å². The molecule has 2 N–H and O–H groups in total. The highest BCUT2D eigenvalue weighted by Crippen LogP contribution is 2.26. The van der Waals surface area contributed by atoms with Gasteiger partial charge < -0.3 is 20.3 Å². The zero-order valence-corrected chi connectivity index (χ0v) is 18.6. The van der Waals surface area contributed by atoms with E-state index in [1.54, 1.807) is 28.1 Å². The monoisotopic (exact) mass is 451 g/mol. The molecular weight excluding hydrogens is 426 g/mol. The first-order valence-corrected chi connectivity index (χ1v) is 10.7. The van der Waals surface area contributed by atoms with Gasteiger partial charge in [-0.2, -0.15) is 0 Å². The predicted molar refractivity (Wildman–Crippen MR) is 120 cm³/mol. The molecule has 30 heavy (non-hydrogen) atoms. The molecule has 2 heterocycles. The summed E-state index contributed by atoms with van der Waals surface area (Å²) in [7, 11) is 0. The molecule has 0 saturated carbocycles. The molecule has 3 rings (SSSR count). The number of anilines is 2. The molecule has 1 unspecified atom stereocenters. The maximum atomic E-state index is 12.2. The van der Waals surface area contributed by atoms with Crippen LogP contribution in [0.5, 0.6) is 0 Å². The number of amides is 3. The van der Waals surface area contributed by atoms with E-state index in [2.05, 4.69) is 12.7 Å². The van der Waals surface area contributed by atoms with E-state index in [4.69, 9.17) is 21.1 Å². The molecule has 1 aliphatic heterocycles. The number of benzene rings is 1. The summed E-state index contributed by atoms with van der Waals surface area (Å²) in [5.41, 5.74) is 5.83. The Hall–Kier alpha value is -2.42. The van der Waals surface area contributed by atoms with E-state index in [-0.39, 0.29) is 24.8 Å². The molecule has 1 fully saturated rings. The maximum absolute atomic E-state index is 12.2. The van der Waals surface area contributed by atoms with Crippen LogP contribution in [-0.2, 0) is 25.5 Å². The number of nitrogens with two attached hydrogens (primary N) is 1. The van der Waals surface area contributed by atoms with Crippen molar-refractivity contribution in [3.8, 4) is 0 Å². The lowest BCUT2D eigenvalue weighted by molar-refractivity contribution is -0.125. The average Bonchev–Trinajstić information content (AvgIpc) is 3.12. The normalized spacial score (nSPS) is 14.5. The van der Waals surface area contributed by atoms with Crippen LogP contribution in [0.4, 0.5) is 11.4 Å². The van der Waals surface area contributed by atoms with Crippen molar-refractivity contribution in [3.63, 3.8) is 0 Å². The molecule has 1 atom stereocenters. The summed E-state index contributed by atoms with van der Waals surface area (Å²) < 4.78 is 5.96. The number of hydrogen-bond acceptors (Lipinski definition) is 5. The molecule has 1 aliphatic rings. The minimum absolute atomic E-state index is 0.00117. The molecule has 0 radical (unpaired) electrons.